The van der Waals surface area contributed by atoms with Crippen molar-refractivity contribution in [2.24, 2.45) is 0 Å². The van der Waals surface area contributed by atoms with Gasteiger partial charge in [0, 0.05) is 12.8 Å². The van der Waals surface area contributed by atoms with E-state index in [0.717, 1.165) is 44.9 Å². The predicted molar refractivity (Wildman–Crippen MR) is 242 cm³/mol. The Labute approximate surface area is 361 Å². The molecular formula is C48H91O10P. The molecule has 0 saturated heterocycles. The number of aliphatic hydroxyl groups is 2. The molecule has 11 heteroatoms. The summed E-state index contributed by atoms with van der Waals surface area (Å²) in [5.74, 6) is -1.02. The topological polar surface area (TPSA) is 149 Å². The van der Waals surface area contributed by atoms with Crippen molar-refractivity contribution in [2.75, 3.05) is 26.4 Å². The van der Waals surface area contributed by atoms with Gasteiger partial charge in [-0.2, -0.15) is 0 Å². The zero-order valence-electron chi connectivity index (χ0n) is 38.0. The molecule has 0 spiro atoms. The number of unbranched alkanes of at least 4 members (excludes halogenated alkanes) is 28. The SMILES string of the molecule is CCCCCCCC/C=C\CCCCCCCCCCCC(=O)OC(CO)COP(=O)(O)OCC(CO)OC(=O)CCCCCCCCC/C=C\CCCCCCCC. The van der Waals surface area contributed by atoms with Gasteiger partial charge in [-0.3, -0.25) is 18.6 Å². The lowest BCUT2D eigenvalue weighted by molar-refractivity contribution is -0.153. The molecule has 10 nitrogen and oxygen atoms in total. The molecule has 0 aliphatic rings. The molecular weight excluding hydrogens is 767 g/mol. The second-order valence-electron chi connectivity index (χ2n) is 16.4. The molecule has 0 aliphatic heterocycles. The van der Waals surface area contributed by atoms with Crippen LogP contribution >= 0.6 is 7.82 Å². The van der Waals surface area contributed by atoms with E-state index >= 15 is 0 Å². The van der Waals surface area contributed by atoms with Gasteiger partial charge >= 0.3 is 19.8 Å². The van der Waals surface area contributed by atoms with Crippen LogP contribution in [-0.4, -0.2) is 65.7 Å². The molecule has 0 fully saturated rings. The van der Waals surface area contributed by atoms with Gasteiger partial charge in [-0.25, -0.2) is 4.57 Å². The van der Waals surface area contributed by atoms with E-state index < -0.39 is 58.4 Å². The summed E-state index contributed by atoms with van der Waals surface area (Å²) < 4.78 is 32.7. The van der Waals surface area contributed by atoms with Crippen LogP contribution in [0.4, 0.5) is 0 Å². The van der Waals surface area contributed by atoms with Gasteiger partial charge in [0.15, 0.2) is 0 Å². The Kier molecular flexibility index (Phi) is 43.3. The highest BCUT2D eigenvalue weighted by Gasteiger charge is 2.27. The summed E-state index contributed by atoms with van der Waals surface area (Å²) in [6, 6.07) is 0. The molecule has 0 rings (SSSR count). The van der Waals surface area contributed by atoms with Crippen molar-refractivity contribution < 1.29 is 47.8 Å². The summed E-state index contributed by atoms with van der Waals surface area (Å²) >= 11 is 0. The Morgan fingerprint density at radius 1 is 0.441 bits per heavy atom. The number of carbonyl (C=O) groups excluding carboxylic acids is 2. The zero-order valence-corrected chi connectivity index (χ0v) is 38.9. The quantitative estimate of drug-likeness (QED) is 0.0234. The summed E-state index contributed by atoms with van der Waals surface area (Å²) in [5, 5.41) is 19.2. The lowest BCUT2D eigenvalue weighted by Gasteiger charge is -2.20. The third kappa shape index (κ3) is 42.9. The number of ether oxygens (including phenoxy) is 2. The van der Waals surface area contributed by atoms with Crippen LogP contribution in [-0.2, 0) is 32.7 Å². The Morgan fingerprint density at radius 3 is 0.966 bits per heavy atom. The first-order chi connectivity index (χ1) is 28.8. The standard InChI is InChI=1S/C48H91O10P/c1-3-5-7-9-11-13-15-17-19-21-22-24-26-28-30-32-34-36-38-40-48(52)58-46(42-50)44-56-59(53,54)55-43-45(41-49)57-47(51)39-37-35-33-31-29-27-25-23-20-18-16-14-12-10-8-6-4-2/h17-20,45-46,49-50H,3-16,21-44H2,1-2H3,(H,53,54)/b19-17-,20-18-. The van der Waals surface area contributed by atoms with Crippen molar-refractivity contribution in [3.8, 4) is 0 Å². The molecule has 0 aliphatic carbocycles. The molecule has 0 amide bonds. The number of carbonyl (C=O) groups is 2. The zero-order chi connectivity index (χ0) is 43.3. The highest BCUT2D eigenvalue weighted by molar-refractivity contribution is 7.47. The molecule has 348 valence electrons. The molecule has 0 bridgehead atoms. The second-order valence-corrected chi connectivity index (χ2v) is 17.9. The molecule has 59 heavy (non-hydrogen) atoms. The number of allylic oxidation sites excluding steroid dienone is 4. The van der Waals surface area contributed by atoms with Crippen molar-refractivity contribution in [2.45, 2.75) is 244 Å². The van der Waals surface area contributed by atoms with Crippen LogP contribution < -0.4 is 0 Å². The largest absolute Gasteiger partial charge is 0.472 e. The molecule has 0 aromatic rings. The number of phosphoric ester groups is 1. The normalized spacial score (nSPS) is 13.9. The molecule has 3 N–H and O–H groups in total. The summed E-state index contributed by atoms with van der Waals surface area (Å²) in [6.07, 6.45) is 45.7. The third-order valence-electron chi connectivity index (χ3n) is 10.6. The summed E-state index contributed by atoms with van der Waals surface area (Å²) in [4.78, 5) is 34.6. The minimum absolute atomic E-state index is 0.189. The number of rotatable bonds is 46. The van der Waals surface area contributed by atoms with E-state index in [4.69, 9.17) is 18.5 Å². The van der Waals surface area contributed by atoms with Crippen LogP contribution in [0.15, 0.2) is 24.3 Å². The lowest BCUT2D eigenvalue weighted by atomic mass is 10.1. The van der Waals surface area contributed by atoms with Crippen LogP contribution in [0, 0.1) is 0 Å². The second kappa shape index (κ2) is 44.5. The predicted octanol–water partition coefficient (Wildman–Crippen LogP) is 13.3. The smallest absolute Gasteiger partial charge is 0.457 e. The number of aliphatic hydroxyl groups excluding tert-OH is 2. The lowest BCUT2D eigenvalue weighted by Crippen LogP contribution is -2.28. The van der Waals surface area contributed by atoms with Gasteiger partial charge in [-0.05, 0) is 64.2 Å². The van der Waals surface area contributed by atoms with Crippen molar-refractivity contribution in [3.63, 3.8) is 0 Å². The number of esters is 2. The maximum absolute atomic E-state index is 12.4. The van der Waals surface area contributed by atoms with Gasteiger partial charge in [0.1, 0.15) is 12.2 Å². The minimum atomic E-state index is -4.64. The van der Waals surface area contributed by atoms with E-state index in [-0.39, 0.29) is 12.8 Å². The van der Waals surface area contributed by atoms with E-state index in [0.29, 0.717) is 12.8 Å². The molecule has 0 aromatic carbocycles. The average Bonchev–Trinajstić information content (AvgIpc) is 3.22. The summed E-state index contributed by atoms with van der Waals surface area (Å²) in [6.45, 7) is 2.23. The molecule has 3 unspecified atom stereocenters. The van der Waals surface area contributed by atoms with E-state index in [9.17, 15) is 29.3 Å². The van der Waals surface area contributed by atoms with Crippen molar-refractivity contribution in [1.29, 1.82) is 0 Å². The van der Waals surface area contributed by atoms with Crippen molar-refractivity contribution >= 4 is 19.8 Å². The van der Waals surface area contributed by atoms with Gasteiger partial charge in [0.25, 0.3) is 0 Å². The van der Waals surface area contributed by atoms with Gasteiger partial charge < -0.3 is 24.6 Å². The Morgan fingerprint density at radius 2 is 0.695 bits per heavy atom. The van der Waals surface area contributed by atoms with E-state index in [1.54, 1.807) is 0 Å². The number of hydrogen-bond donors (Lipinski definition) is 3. The average molecular weight is 859 g/mol. The fourth-order valence-electron chi connectivity index (χ4n) is 6.87. The van der Waals surface area contributed by atoms with Crippen molar-refractivity contribution in [3.05, 3.63) is 24.3 Å². The van der Waals surface area contributed by atoms with Gasteiger partial charge in [0.2, 0.25) is 0 Å². The Balaban J connectivity index is 3.86. The number of phosphoric acid groups is 1. The Hall–Kier alpha value is -1.55. The maximum atomic E-state index is 12.4. The molecule has 0 radical (unpaired) electrons. The fraction of sp³-hybridized carbons (Fsp3) is 0.875. The monoisotopic (exact) mass is 859 g/mol. The van der Waals surface area contributed by atoms with Crippen LogP contribution in [0.3, 0.4) is 0 Å². The first-order valence-corrected chi connectivity index (χ1v) is 25.8. The van der Waals surface area contributed by atoms with Crippen LogP contribution in [0.2, 0.25) is 0 Å². The van der Waals surface area contributed by atoms with Crippen LogP contribution in [0.1, 0.15) is 232 Å². The highest BCUT2D eigenvalue weighted by atomic mass is 31.2. The third-order valence-corrected chi connectivity index (χ3v) is 11.6. The fourth-order valence-corrected chi connectivity index (χ4v) is 7.65. The van der Waals surface area contributed by atoms with Gasteiger partial charge in [0.05, 0.1) is 26.4 Å². The van der Waals surface area contributed by atoms with Crippen LogP contribution in [0.5, 0.6) is 0 Å². The van der Waals surface area contributed by atoms with Gasteiger partial charge in [-0.1, -0.05) is 179 Å². The minimum Gasteiger partial charge on any atom is -0.457 e. The molecule has 0 saturated carbocycles. The highest BCUT2D eigenvalue weighted by Crippen LogP contribution is 2.43. The summed E-state index contributed by atoms with van der Waals surface area (Å²) in [7, 11) is -4.64. The van der Waals surface area contributed by atoms with E-state index in [2.05, 4.69) is 38.2 Å². The first-order valence-electron chi connectivity index (χ1n) is 24.3. The molecule has 0 aromatic heterocycles. The Bertz CT molecular complexity index is 1040. The van der Waals surface area contributed by atoms with E-state index in [1.807, 2.05) is 0 Å². The number of hydrogen-bond acceptors (Lipinski definition) is 9. The van der Waals surface area contributed by atoms with Crippen molar-refractivity contribution in [1.82, 2.24) is 0 Å². The van der Waals surface area contributed by atoms with E-state index in [1.165, 1.54) is 148 Å². The maximum Gasteiger partial charge on any atom is 0.472 e. The van der Waals surface area contributed by atoms with Crippen LogP contribution in [0.25, 0.3) is 0 Å². The first kappa shape index (κ1) is 57.4. The van der Waals surface area contributed by atoms with Gasteiger partial charge in [-0.15, -0.1) is 0 Å². The molecule has 0 heterocycles. The summed E-state index contributed by atoms with van der Waals surface area (Å²) in [5.41, 5.74) is 0. The molecule has 3 atom stereocenters.